The van der Waals surface area contributed by atoms with Crippen molar-refractivity contribution in [3.63, 3.8) is 0 Å². The molecule has 160 valence electrons. The average molecular weight is 424 g/mol. The molecule has 1 heterocycles. The number of nitro benzene ring substituents is 1. The third-order valence-electron chi connectivity index (χ3n) is 6.21. The van der Waals surface area contributed by atoms with Gasteiger partial charge in [-0.2, -0.15) is 0 Å². The Morgan fingerprint density at radius 1 is 1.16 bits per heavy atom. The number of non-ortho nitro benzene ring substituents is 1. The fraction of sp³-hybridized carbons (Fsp3) is 0.222. The minimum Gasteiger partial charge on any atom is -0.338 e. The average Bonchev–Trinajstić information content (AvgIpc) is 3.08. The second kappa shape index (κ2) is 8.68. The van der Waals surface area contributed by atoms with Crippen molar-refractivity contribution < 1.29 is 4.92 Å². The van der Waals surface area contributed by atoms with Crippen LogP contribution in [0.25, 0.3) is 16.6 Å². The van der Waals surface area contributed by atoms with Gasteiger partial charge in [0.05, 0.1) is 11.5 Å². The molecule has 0 amide bonds. The van der Waals surface area contributed by atoms with Crippen LogP contribution in [0, 0.1) is 23.6 Å². The molecule has 0 fully saturated rings. The molecule has 5 heteroatoms. The predicted octanol–water partition coefficient (Wildman–Crippen LogP) is 7.35. The van der Waals surface area contributed by atoms with E-state index in [0.29, 0.717) is 23.2 Å². The molecule has 1 aliphatic heterocycles. The highest BCUT2D eigenvalue weighted by Crippen LogP contribution is 2.47. The van der Waals surface area contributed by atoms with Crippen LogP contribution < -0.4 is 4.90 Å². The van der Waals surface area contributed by atoms with Crippen molar-refractivity contribution in [2.75, 3.05) is 4.90 Å². The highest BCUT2D eigenvalue weighted by Gasteiger charge is 2.35. The highest BCUT2D eigenvalue weighted by molar-refractivity contribution is 5.86. The van der Waals surface area contributed by atoms with Crippen LogP contribution in [0.15, 0.2) is 66.7 Å². The standard InChI is InChI=1S/C27H25N3O2/c1-5-26-19(3)24-16-20(9-14-27(24)29(26)23-8-6-7-18(2)15-23)17-25(28-4)21-10-12-22(13-11-21)30(31)32/h6-17,19,26H,5H2,1-3H3. The van der Waals surface area contributed by atoms with Gasteiger partial charge < -0.3 is 4.90 Å². The van der Waals surface area contributed by atoms with Gasteiger partial charge in [-0.25, -0.2) is 4.85 Å². The maximum absolute atomic E-state index is 10.9. The molecule has 0 spiro atoms. The van der Waals surface area contributed by atoms with Gasteiger partial charge in [-0.05, 0) is 59.9 Å². The molecule has 0 saturated heterocycles. The van der Waals surface area contributed by atoms with Crippen LogP contribution in [0.5, 0.6) is 0 Å². The number of benzene rings is 3. The van der Waals surface area contributed by atoms with Crippen LogP contribution in [-0.4, -0.2) is 11.0 Å². The van der Waals surface area contributed by atoms with Crippen molar-refractivity contribution in [3.8, 4) is 0 Å². The second-order valence-corrected chi connectivity index (χ2v) is 8.24. The minimum atomic E-state index is -0.434. The number of hydrogen-bond donors (Lipinski definition) is 0. The first-order chi connectivity index (χ1) is 15.4. The Kier molecular flexibility index (Phi) is 5.79. The fourth-order valence-corrected chi connectivity index (χ4v) is 4.59. The fourth-order valence-electron chi connectivity index (χ4n) is 4.59. The first-order valence-corrected chi connectivity index (χ1v) is 10.8. The summed E-state index contributed by atoms with van der Waals surface area (Å²) in [6.07, 6.45) is 2.89. The van der Waals surface area contributed by atoms with Gasteiger partial charge in [-0.3, -0.25) is 10.1 Å². The van der Waals surface area contributed by atoms with Crippen LogP contribution in [0.3, 0.4) is 0 Å². The van der Waals surface area contributed by atoms with E-state index in [1.54, 1.807) is 12.1 Å². The molecule has 0 saturated carbocycles. The third kappa shape index (κ3) is 3.88. The van der Waals surface area contributed by atoms with E-state index in [9.17, 15) is 10.1 Å². The van der Waals surface area contributed by atoms with Gasteiger partial charge in [0.2, 0.25) is 0 Å². The SMILES string of the molecule is [C-]#[N+]C(=Cc1ccc2c(c1)C(C)C(CC)N2c1cccc(C)c1)c1ccc([N+](=O)[O-])cc1. The Hall–Kier alpha value is -3.91. The number of fused-ring (bicyclic) bond motifs is 1. The van der Waals surface area contributed by atoms with Crippen LogP contribution in [0.1, 0.15) is 48.4 Å². The lowest BCUT2D eigenvalue weighted by molar-refractivity contribution is -0.384. The maximum Gasteiger partial charge on any atom is 0.269 e. The lowest BCUT2D eigenvalue weighted by Gasteiger charge is -2.29. The summed E-state index contributed by atoms with van der Waals surface area (Å²) in [7, 11) is 0. The molecule has 1 aliphatic rings. The van der Waals surface area contributed by atoms with Crippen LogP contribution in [0.2, 0.25) is 0 Å². The maximum atomic E-state index is 10.9. The van der Waals surface area contributed by atoms with Crippen molar-refractivity contribution in [1.82, 2.24) is 0 Å². The normalized spacial score (nSPS) is 17.7. The Morgan fingerprint density at radius 3 is 2.53 bits per heavy atom. The quantitative estimate of drug-likeness (QED) is 0.186. The van der Waals surface area contributed by atoms with Crippen molar-refractivity contribution in [2.24, 2.45) is 0 Å². The topological polar surface area (TPSA) is 50.7 Å². The van der Waals surface area contributed by atoms with E-state index in [-0.39, 0.29) is 5.69 Å². The molecule has 0 aliphatic carbocycles. The summed E-state index contributed by atoms with van der Waals surface area (Å²) >= 11 is 0. The minimum absolute atomic E-state index is 0.0197. The van der Waals surface area contributed by atoms with Gasteiger partial charge >= 0.3 is 0 Å². The van der Waals surface area contributed by atoms with E-state index in [2.05, 4.69) is 66.9 Å². The molecular formula is C27H25N3O2. The van der Waals surface area contributed by atoms with Gasteiger partial charge in [0, 0.05) is 35.5 Å². The van der Waals surface area contributed by atoms with Crippen LogP contribution >= 0.6 is 0 Å². The van der Waals surface area contributed by atoms with Crippen LogP contribution in [0.4, 0.5) is 17.1 Å². The molecule has 0 radical (unpaired) electrons. The lowest BCUT2D eigenvalue weighted by Crippen LogP contribution is -2.28. The molecule has 2 unspecified atom stereocenters. The van der Waals surface area contributed by atoms with Crippen LogP contribution in [-0.2, 0) is 0 Å². The zero-order chi connectivity index (χ0) is 22.8. The van der Waals surface area contributed by atoms with E-state index in [4.69, 9.17) is 6.57 Å². The summed E-state index contributed by atoms with van der Waals surface area (Å²) in [6, 6.07) is 21.5. The molecule has 0 bridgehead atoms. The Labute approximate surface area is 188 Å². The molecule has 5 nitrogen and oxygen atoms in total. The number of rotatable bonds is 5. The number of nitro groups is 1. The van der Waals surface area contributed by atoms with Crippen molar-refractivity contribution in [1.29, 1.82) is 0 Å². The Balaban J connectivity index is 1.72. The molecular weight excluding hydrogens is 398 g/mol. The second-order valence-electron chi connectivity index (χ2n) is 8.24. The summed E-state index contributed by atoms with van der Waals surface area (Å²) in [4.78, 5) is 16.6. The summed E-state index contributed by atoms with van der Waals surface area (Å²) < 4.78 is 0. The first-order valence-electron chi connectivity index (χ1n) is 10.8. The third-order valence-corrected chi connectivity index (χ3v) is 6.21. The zero-order valence-electron chi connectivity index (χ0n) is 18.4. The molecule has 3 aromatic rings. The molecule has 4 rings (SSSR count). The van der Waals surface area contributed by atoms with Crippen molar-refractivity contribution in [2.45, 2.75) is 39.2 Å². The van der Waals surface area contributed by atoms with Crippen molar-refractivity contribution >= 4 is 28.8 Å². The van der Waals surface area contributed by atoms with Gasteiger partial charge in [-0.1, -0.05) is 50.2 Å². The number of aryl methyl sites for hydroxylation is 1. The predicted molar refractivity (Wildman–Crippen MR) is 130 cm³/mol. The van der Waals surface area contributed by atoms with Gasteiger partial charge in [0.15, 0.2) is 5.70 Å². The van der Waals surface area contributed by atoms with E-state index in [1.165, 1.54) is 34.6 Å². The van der Waals surface area contributed by atoms with Gasteiger partial charge in [0.1, 0.15) is 0 Å². The van der Waals surface area contributed by atoms with Gasteiger partial charge in [-0.15, -0.1) is 0 Å². The van der Waals surface area contributed by atoms with E-state index in [1.807, 2.05) is 12.1 Å². The largest absolute Gasteiger partial charge is 0.338 e. The summed E-state index contributed by atoms with van der Waals surface area (Å²) in [6.45, 7) is 14.2. The molecule has 0 N–H and O–H groups in total. The number of hydrogen-bond acceptors (Lipinski definition) is 3. The van der Waals surface area contributed by atoms with E-state index in [0.717, 1.165) is 12.0 Å². The van der Waals surface area contributed by atoms with E-state index < -0.39 is 4.92 Å². The summed E-state index contributed by atoms with van der Waals surface area (Å²) in [5.41, 5.74) is 7.06. The Morgan fingerprint density at radius 2 is 1.91 bits per heavy atom. The Bertz CT molecular complexity index is 1240. The smallest absolute Gasteiger partial charge is 0.269 e. The monoisotopic (exact) mass is 423 g/mol. The summed E-state index contributed by atoms with van der Waals surface area (Å²) in [5.74, 6) is 0.361. The van der Waals surface area contributed by atoms with Crippen molar-refractivity contribution in [3.05, 3.63) is 111 Å². The van der Waals surface area contributed by atoms with E-state index >= 15 is 0 Å². The molecule has 32 heavy (non-hydrogen) atoms. The lowest BCUT2D eigenvalue weighted by atomic mass is 9.94. The number of anilines is 2. The molecule has 2 atom stereocenters. The first kappa shape index (κ1) is 21.3. The number of nitrogens with zero attached hydrogens (tertiary/aromatic N) is 3. The zero-order valence-corrected chi connectivity index (χ0v) is 18.4. The van der Waals surface area contributed by atoms with Gasteiger partial charge in [0.25, 0.3) is 5.69 Å². The molecule has 0 aromatic heterocycles. The summed E-state index contributed by atoms with van der Waals surface area (Å²) in [5, 5.41) is 10.9. The highest BCUT2D eigenvalue weighted by atomic mass is 16.6. The molecule has 3 aromatic carbocycles.